The number of rotatable bonds is 9. The smallest absolute Gasteiger partial charge is 0.317 e. The zero-order chi connectivity index (χ0) is 49.1. The molecule has 19 heteroatoms. The van der Waals surface area contributed by atoms with Gasteiger partial charge in [0, 0.05) is 0 Å². The number of allylic oxidation sites excluding steroid dienone is 2. The second-order valence-corrected chi connectivity index (χ2v) is 23.6. The molecule has 3 saturated heterocycles. The third kappa shape index (κ3) is 8.01. The molecule has 4 saturated carbocycles. The van der Waals surface area contributed by atoms with E-state index < -0.39 is 152 Å². The van der Waals surface area contributed by atoms with Gasteiger partial charge in [-0.15, -0.1) is 0 Å². The molecule has 0 bridgehead atoms. The van der Waals surface area contributed by atoms with E-state index in [0.717, 1.165) is 24.8 Å². The third-order valence-electron chi connectivity index (χ3n) is 19.3. The molecule has 19 nitrogen and oxygen atoms in total. The van der Waals surface area contributed by atoms with Crippen LogP contribution in [0.3, 0.4) is 0 Å². The summed E-state index contributed by atoms with van der Waals surface area (Å²) >= 11 is 0. The van der Waals surface area contributed by atoms with Crippen LogP contribution in [-0.4, -0.2) is 191 Å². The van der Waals surface area contributed by atoms with Crippen LogP contribution in [0.1, 0.15) is 106 Å². The Morgan fingerprint density at radius 1 is 0.612 bits per heavy atom. The van der Waals surface area contributed by atoms with Crippen LogP contribution in [-0.2, 0) is 33.2 Å². The van der Waals surface area contributed by atoms with Crippen molar-refractivity contribution in [2.24, 2.45) is 50.2 Å². The van der Waals surface area contributed by atoms with Gasteiger partial charge in [-0.2, -0.15) is 0 Å². The van der Waals surface area contributed by atoms with E-state index in [2.05, 4.69) is 54.5 Å². The summed E-state index contributed by atoms with van der Waals surface area (Å²) < 4.78 is 36.0. The van der Waals surface area contributed by atoms with Gasteiger partial charge < -0.3 is 89.7 Å². The molecule has 384 valence electrons. The van der Waals surface area contributed by atoms with Crippen LogP contribution < -0.4 is 0 Å². The van der Waals surface area contributed by atoms with Crippen LogP contribution in [0.25, 0.3) is 0 Å². The Balaban J connectivity index is 1.06. The van der Waals surface area contributed by atoms with Crippen LogP contribution in [0.2, 0.25) is 0 Å². The Hall–Kier alpha value is -1.47. The lowest BCUT2D eigenvalue weighted by molar-refractivity contribution is -0.378. The Labute approximate surface area is 392 Å². The minimum Gasteiger partial charge on any atom is -0.432 e. The number of carbonyl (C=O) groups excluding carboxylic acids is 1. The van der Waals surface area contributed by atoms with Gasteiger partial charge in [0.15, 0.2) is 12.6 Å². The van der Waals surface area contributed by atoms with Crippen LogP contribution in [0.15, 0.2) is 11.6 Å². The molecule has 8 rings (SSSR count). The summed E-state index contributed by atoms with van der Waals surface area (Å²) in [5, 5.41) is 128. The average molecular weight is 959 g/mol. The van der Waals surface area contributed by atoms with Gasteiger partial charge in [0.05, 0.1) is 32.0 Å². The van der Waals surface area contributed by atoms with Crippen molar-refractivity contribution in [3.05, 3.63) is 11.6 Å². The molecular weight excluding hydrogens is 881 g/mol. The molecule has 24 atom stereocenters. The maximum absolute atomic E-state index is 14.7. The predicted molar refractivity (Wildman–Crippen MR) is 232 cm³/mol. The standard InChI is InChI=1S/C48H78O19/c1-43(2)14-15-48(42(61)67-40-37(60)34(57)31(54)24(19-50)63-40)22(16-43)21-8-9-27-45(5)12-11-29(44(3,4)26(45)10-13-46(27,6)47(21,7)17-28(48)52)65-41-38(35(58)32(55)25(20-51)64-41)66-39-36(59)33(56)30(53)23(18-49)62-39/h8,22-41,49-60H,9-20H2,1-7H3/t22-,23-,24-,25-,26+,27-,28-,29-,30-,31-,32-,33+,34+,35+,36-,37-,38-,39+,40+,41+,45+,46-,47-,48-/m1/s1. The summed E-state index contributed by atoms with van der Waals surface area (Å²) in [4.78, 5) is 14.7. The Kier molecular flexibility index (Phi) is 14.1. The maximum Gasteiger partial charge on any atom is 0.317 e. The maximum atomic E-state index is 14.7. The van der Waals surface area contributed by atoms with E-state index in [1.54, 1.807) is 0 Å². The highest BCUT2D eigenvalue weighted by molar-refractivity contribution is 5.80. The molecule has 3 heterocycles. The first-order valence-electron chi connectivity index (χ1n) is 24.4. The molecule has 0 aromatic heterocycles. The first-order valence-corrected chi connectivity index (χ1v) is 24.4. The van der Waals surface area contributed by atoms with Crippen LogP contribution in [0.4, 0.5) is 0 Å². The topological polar surface area (TPSA) is 315 Å². The molecule has 0 radical (unpaired) electrons. The van der Waals surface area contributed by atoms with Crippen molar-refractivity contribution in [3.8, 4) is 0 Å². The van der Waals surface area contributed by atoms with Gasteiger partial charge in [0.25, 0.3) is 0 Å². The van der Waals surface area contributed by atoms with Gasteiger partial charge in [-0.25, -0.2) is 0 Å². The largest absolute Gasteiger partial charge is 0.432 e. The van der Waals surface area contributed by atoms with Gasteiger partial charge >= 0.3 is 5.97 Å². The summed E-state index contributed by atoms with van der Waals surface area (Å²) in [6.45, 7) is 13.5. The molecular formula is C48H78O19. The van der Waals surface area contributed by atoms with Gasteiger partial charge in [-0.3, -0.25) is 4.79 Å². The monoisotopic (exact) mass is 959 g/mol. The molecule has 5 aliphatic carbocycles. The first kappa shape index (κ1) is 51.9. The number of hydrogen-bond acceptors (Lipinski definition) is 19. The summed E-state index contributed by atoms with van der Waals surface area (Å²) in [5.74, 6) is -0.945. The van der Waals surface area contributed by atoms with Gasteiger partial charge in [-0.1, -0.05) is 60.1 Å². The number of carbonyl (C=O) groups is 1. The quantitative estimate of drug-likeness (QED) is 0.0758. The molecule has 0 aromatic rings. The normalized spacial score (nSPS) is 53.8. The molecule has 3 aliphatic heterocycles. The minimum absolute atomic E-state index is 0.0858. The number of hydrogen-bond donors (Lipinski definition) is 12. The van der Waals surface area contributed by atoms with Crippen molar-refractivity contribution in [3.63, 3.8) is 0 Å². The van der Waals surface area contributed by atoms with Gasteiger partial charge in [0.2, 0.25) is 6.29 Å². The average Bonchev–Trinajstić information content (AvgIpc) is 3.27. The zero-order valence-corrected chi connectivity index (χ0v) is 39.8. The van der Waals surface area contributed by atoms with E-state index in [-0.39, 0.29) is 34.5 Å². The molecule has 0 unspecified atom stereocenters. The van der Waals surface area contributed by atoms with E-state index in [1.165, 1.54) is 0 Å². The predicted octanol–water partition coefficient (Wildman–Crippen LogP) is -0.889. The molecule has 0 amide bonds. The minimum atomic E-state index is -1.80. The van der Waals surface area contributed by atoms with Crippen molar-refractivity contribution in [1.29, 1.82) is 0 Å². The summed E-state index contributed by atoms with van der Waals surface area (Å²) in [5.41, 5.74) is -2.13. The second-order valence-electron chi connectivity index (χ2n) is 23.6. The Morgan fingerprint density at radius 3 is 1.76 bits per heavy atom. The number of fused-ring (bicyclic) bond motifs is 7. The molecule has 8 aliphatic rings. The molecule has 0 spiro atoms. The second kappa shape index (κ2) is 18.2. The highest BCUT2D eigenvalue weighted by Gasteiger charge is 2.72. The van der Waals surface area contributed by atoms with Crippen LogP contribution >= 0.6 is 0 Å². The Morgan fingerprint density at radius 2 is 1.16 bits per heavy atom. The SMILES string of the molecule is CC1(C)CC[C@]2(C(=O)O[C@@H]3O[C@H](CO)[C@@H](O)[C@H](O)[C@H]3O)[C@H](O)C[C@]3(C)C(=CC[C@@H]4[C@@]5(C)CC[C@@H](O[C@@H]6O[C@H](CO)[C@@H](O)[C@H](O)[C@H]6O[C@@H]6O[C@H](CO)[C@@H](O)[C@H](O)[C@H]6O)C(C)(C)[C@@H]5CC[C@]43C)[C@H]2C1. The van der Waals surface area contributed by atoms with Crippen LogP contribution in [0, 0.1) is 50.2 Å². The summed E-state index contributed by atoms with van der Waals surface area (Å²) in [6.07, 6.45) is -17.7. The number of aliphatic hydroxyl groups is 12. The highest BCUT2D eigenvalue weighted by atomic mass is 16.8. The fourth-order valence-electron chi connectivity index (χ4n) is 15.1. The lowest BCUT2D eigenvalue weighted by Gasteiger charge is -2.71. The number of esters is 1. The van der Waals surface area contributed by atoms with E-state index >= 15 is 0 Å². The molecule has 0 aromatic carbocycles. The first-order chi connectivity index (χ1) is 31.3. The molecule has 12 N–H and O–H groups in total. The lowest BCUT2D eigenvalue weighted by atomic mass is 9.33. The van der Waals surface area contributed by atoms with Crippen molar-refractivity contribution >= 4 is 5.97 Å². The fraction of sp³-hybridized carbons (Fsp3) is 0.938. The molecule has 7 fully saturated rings. The van der Waals surface area contributed by atoms with E-state index in [9.17, 15) is 66.1 Å². The Bertz CT molecular complexity index is 1830. The van der Waals surface area contributed by atoms with Crippen molar-refractivity contribution in [1.82, 2.24) is 0 Å². The van der Waals surface area contributed by atoms with Crippen LogP contribution in [0.5, 0.6) is 0 Å². The molecule has 67 heavy (non-hydrogen) atoms. The third-order valence-corrected chi connectivity index (χ3v) is 19.3. The van der Waals surface area contributed by atoms with Crippen molar-refractivity contribution in [2.45, 2.75) is 211 Å². The summed E-state index contributed by atoms with van der Waals surface area (Å²) in [7, 11) is 0. The zero-order valence-electron chi connectivity index (χ0n) is 39.8. The van der Waals surface area contributed by atoms with E-state index in [1.807, 2.05) is 0 Å². The summed E-state index contributed by atoms with van der Waals surface area (Å²) in [6, 6.07) is 0. The van der Waals surface area contributed by atoms with Crippen molar-refractivity contribution in [2.75, 3.05) is 19.8 Å². The fourth-order valence-corrected chi connectivity index (χ4v) is 15.1. The number of aliphatic hydroxyl groups excluding tert-OH is 12. The van der Waals surface area contributed by atoms with Gasteiger partial charge in [-0.05, 0) is 103 Å². The van der Waals surface area contributed by atoms with E-state index in [4.69, 9.17) is 28.4 Å². The van der Waals surface area contributed by atoms with Crippen molar-refractivity contribution < 1.29 is 94.5 Å². The van der Waals surface area contributed by atoms with Gasteiger partial charge in [0.1, 0.15) is 78.7 Å². The highest BCUT2D eigenvalue weighted by Crippen LogP contribution is 2.76. The number of ether oxygens (including phenoxy) is 6. The lowest BCUT2D eigenvalue weighted by Crippen LogP contribution is -2.68. The van der Waals surface area contributed by atoms with E-state index in [0.29, 0.717) is 32.1 Å².